The summed E-state index contributed by atoms with van der Waals surface area (Å²) < 4.78 is 1.60. The van der Waals surface area contributed by atoms with Gasteiger partial charge in [0.1, 0.15) is 6.33 Å². The van der Waals surface area contributed by atoms with Gasteiger partial charge in [0.05, 0.1) is 11.2 Å². The number of halogens is 1. The van der Waals surface area contributed by atoms with E-state index in [0.29, 0.717) is 5.95 Å². The maximum atomic E-state index is 12.5. The lowest BCUT2D eigenvalue weighted by Crippen LogP contribution is -2.17. The van der Waals surface area contributed by atoms with Gasteiger partial charge in [-0.05, 0) is 31.0 Å². The van der Waals surface area contributed by atoms with Gasteiger partial charge < -0.3 is 5.32 Å². The number of carbonyl (C=O) groups excluding carboxylic acids is 1. The number of amides is 1. The van der Waals surface area contributed by atoms with E-state index in [9.17, 15) is 4.79 Å². The van der Waals surface area contributed by atoms with Crippen LogP contribution in [0.4, 0.5) is 5.69 Å². The van der Waals surface area contributed by atoms with Crippen LogP contribution in [-0.2, 0) is 0 Å². The van der Waals surface area contributed by atoms with Gasteiger partial charge in [-0.15, -0.1) is 0 Å². The Hall–Kier alpha value is -2.73. The molecule has 1 aromatic carbocycles. The molecule has 0 aliphatic rings. The van der Waals surface area contributed by atoms with Crippen LogP contribution in [0.15, 0.2) is 43.1 Å². The molecule has 23 heavy (non-hydrogen) atoms. The first-order valence-corrected chi connectivity index (χ1v) is 7.32. The molecule has 116 valence electrons. The molecule has 0 bridgehead atoms. The maximum Gasteiger partial charge on any atom is 0.276 e. The number of anilines is 1. The number of rotatable bonds is 3. The normalized spacial score (nSPS) is 10.6. The number of benzene rings is 1. The van der Waals surface area contributed by atoms with Crippen LogP contribution in [0.1, 0.15) is 21.6 Å². The second kappa shape index (κ2) is 6.18. The number of hydrogen-bond donors (Lipinski definition) is 1. The van der Waals surface area contributed by atoms with Gasteiger partial charge in [0, 0.05) is 18.1 Å². The minimum absolute atomic E-state index is 0.117. The molecule has 3 aromatic rings. The first-order chi connectivity index (χ1) is 11.0. The minimum atomic E-state index is -0.382. The van der Waals surface area contributed by atoms with Gasteiger partial charge in [-0.25, -0.2) is 15.0 Å². The van der Waals surface area contributed by atoms with Gasteiger partial charge in [0.15, 0.2) is 5.69 Å². The van der Waals surface area contributed by atoms with Gasteiger partial charge in [0.25, 0.3) is 5.91 Å². The summed E-state index contributed by atoms with van der Waals surface area (Å²) in [5.41, 5.74) is 2.86. The Morgan fingerprint density at radius 1 is 1.30 bits per heavy atom. The number of aromatic nitrogens is 4. The first kappa shape index (κ1) is 15.2. The Balaban J connectivity index is 1.93. The van der Waals surface area contributed by atoms with Gasteiger partial charge in [-0.3, -0.25) is 9.36 Å². The van der Waals surface area contributed by atoms with Crippen molar-refractivity contribution in [2.45, 2.75) is 13.8 Å². The molecular formula is C16H14ClN5O. The third-order valence-corrected chi connectivity index (χ3v) is 3.60. The van der Waals surface area contributed by atoms with Crippen molar-refractivity contribution in [2.75, 3.05) is 5.32 Å². The molecule has 3 rings (SSSR count). The van der Waals surface area contributed by atoms with Gasteiger partial charge in [0.2, 0.25) is 5.95 Å². The topological polar surface area (TPSA) is 72.7 Å². The minimum Gasteiger partial charge on any atom is -0.320 e. The molecule has 0 spiro atoms. The van der Waals surface area contributed by atoms with Gasteiger partial charge in [-0.1, -0.05) is 23.7 Å². The van der Waals surface area contributed by atoms with Gasteiger partial charge in [-0.2, -0.15) is 0 Å². The van der Waals surface area contributed by atoms with E-state index in [1.165, 1.54) is 6.20 Å². The van der Waals surface area contributed by atoms with Crippen LogP contribution in [0.3, 0.4) is 0 Å². The van der Waals surface area contributed by atoms with Crippen molar-refractivity contribution in [1.82, 2.24) is 19.5 Å². The Kier molecular flexibility index (Phi) is 4.08. The van der Waals surface area contributed by atoms with Crippen LogP contribution in [0.5, 0.6) is 0 Å². The Morgan fingerprint density at radius 2 is 2.13 bits per heavy atom. The molecule has 1 N–H and O–H groups in total. The predicted molar refractivity (Wildman–Crippen MR) is 88.0 cm³/mol. The largest absolute Gasteiger partial charge is 0.320 e. The fraction of sp³-hybridized carbons (Fsp3) is 0.125. The zero-order chi connectivity index (χ0) is 16.4. The van der Waals surface area contributed by atoms with Crippen LogP contribution in [0.25, 0.3) is 5.95 Å². The summed E-state index contributed by atoms with van der Waals surface area (Å²) in [7, 11) is 0. The third kappa shape index (κ3) is 3.22. The molecule has 0 atom stereocenters. The summed E-state index contributed by atoms with van der Waals surface area (Å²) in [4.78, 5) is 24.8. The molecule has 6 nitrogen and oxygen atoms in total. The number of nitrogens with one attached hydrogen (secondary N) is 1. The average molecular weight is 328 g/mol. The lowest BCUT2D eigenvalue weighted by atomic mass is 10.1. The first-order valence-electron chi connectivity index (χ1n) is 6.94. The van der Waals surface area contributed by atoms with E-state index in [1.54, 1.807) is 23.3 Å². The fourth-order valence-electron chi connectivity index (χ4n) is 2.07. The fourth-order valence-corrected chi connectivity index (χ4v) is 2.25. The van der Waals surface area contributed by atoms with E-state index in [1.807, 2.05) is 32.0 Å². The molecular weight excluding hydrogens is 314 g/mol. The quantitative estimate of drug-likeness (QED) is 0.802. The highest BCUT2D eigenvalue weighted by molar-refractivity contribution is 6.34. The smallest absolute Gasteiger partial charge is 0.276 e. The molecule has 2 heterocycles. The van der Waals surface area contributed by atoms with Gasteiger partial charge >= 0.3 is 0 Å². The molecule has 0 saturated carbocycles. The van der Waals surface area contributed by atoms with Crippen LogP contribution in [0, 0.1) is 13.8 Å². The standard InChI is InChI=1S/C16H14ClN5O/c1-10-3-4-11(2)13(7-10)20-15(23)14-12(17)8-19-16(21-14)22-6-5-18-9-22/h3-9H,1-2H3,(H,20,23). The van der Waals surface area contributed by atoms with Crippen molar-refractivity contribution in [3.05, 3.63) is 65.0 Å². The number of aryl methyl sites for hydroxylation is 2. The summed E-state index contributed by atoms with van der Waals surface area (Å²) in [5.74, 6) is -0.0505. The predicted octanol–water partition coefficient (Wildman–Crippen LogP) is 3.18. The van der Waals surface area contributed by atoms with E-state index in [-0.39, 0.29) is 16.6 Å². The van der Waals surface area contributed by atoms with Crippen molar-refractivity contribution in [3.63, 3.8) is 0 Å². The molecule has 0 fully saturated rings. The summed E-state index contributed by atoms with van der Waals surface area (Å²) in [6.45, 7) is 3.89. The third-order valence-electron chi connectivity index (χ3n) is 3.32. The van der Waals surface area contributed by atoms with E-state index in [2.05, 4.69) is 20.3 Å². The molecule has 0 radical (unpaired) electrons. The molecule has 2 aromatic heterocycles. The van der Waals surface area contributed by atoms with Crippen LogP contribution in [0.2, 0.25) is 5.02 Å². The highest BCUT2D eigenvalue weighted by atomic mass is 35.5. The van der Waals surface area contributed by atoms with Crippen molar-refractivity contribution in [1.29, 1.82) is 0 Å². The SMILES string of the molecule is Cc1ccc(C)c(NC(=O)c2nc(-n3ccnc3)ncc2Cl)c1. The van der Waals surface area contributed by atoms with E-state index in [4.69, 9.17) is 11.6 Å². The summed E-state index contributed by atoms with van der Waals surface area (Å²) in [5, 5.41) is 3.03. The number of hydrogen-bond acceptors (Lipinski definition) is 4. The van der Waals surface area contributed by atoms with Crippen LogP contribution >= 0.6 is 11.6 Å². The molecule has 0 unspecified atom stereocenters. The Labute approximate surface area is 138 Å². The van der Waals surface area contributed by atoms with E-state index >= 15 is 0 Å². The second-order valence-corrected chi connectivity index (χ2v) is 5.52. The lowest BCUT2D eigenvalue weighted by molar-refractivity contribution is 0.102. The number of carbonyl (C=O) groups is 1. The van der Waals surface area contributed by atoms with Crippen molar-refractivity contribution in [2.24, 2.45) is 0 Å². The molecule has 0 saturated heterocycles. The Bertz CT molecular complexity index is 861. The number of imidazole rings is 1. The van der Waals surface area contributed by atoms with Crippen molar-refractivity contribution >= 4 is 23.2 Å². The van der Waals surface area contributed by atoms with Crippen LogP contribution < -0.4 is 5.32 Å². The second-order valence-electron chi connectivity index (χ2n) is 5.11. The number of nitrogens with zero attached hydrogens (tertiary/aromatic N) is 4. The average Bonchev–Trinajstić information content (AvgIpc) is 3.05. The van der Waals surface area contributed by atoms with Crippen molar-refractivity contribution < 1.29 is 4.79 Å². The molecule has 0 aliphatic carbocycles. The van der Waals surface area contributed by atoms with E-state index in [0.717, 1.165) is 16.8 Å². The zero-order valence-electron chi connectivity index (χ0n) is 12.6. The van der Waals surface area contributed by atoms with E-state index < -0.39 is 0 Å². The zero-order valence-corrected chi connectivity index (χ0v) is 13.4. The highest BCUT2D eigenvalue weighted by Gasteiger charge is 2.16. The van der Waals surface area contributed by atoms with Crippen molar-refractivity contribution in [3.8, 4) is 5.95 Å². The highest BCUT2D eigenvalue weighted by Crippen LogP contribution is 2.20. The molecule has 1 amide bonds. The summed E-state index contributed by atoms with van der Waals surface area (Å²) in [6.07, 6.45) is 6.25. The molecule has 7 heteroatoms. The van der Waals surface area contributed by atoms with Crippen LogP contribution in [-0.4, -0.2) is 25.4 Å². The monoisotopic (exact) mass is 327 g/mol. The summed E-state index contributed by atoms with van der Waals surface area (Å²) in [6, 6.07) is 5.84. The lowest BCUT2D eigenvalue weighted by Gasteiger charge is -2.10. The molecule has 0 aliphatic heterocycles. The summed E-state index contributed by atoms with van der Waals surface area (Å²) >= 11 is 6.08. The maximum absolute atomic E-state index is 12.5. The Morgan fingerprint density at radius 3 is 2.87 bits per heavy atom.